The summed E-state index contributed by atoms with van der Waals surface area (Å²) in [4.78, 5) is 0. The van der Waals surface area contributed by atoms with Crippen molar-refractivity contribution in [3.8, 4) is 0 Å². The number of hydrogen-bond donors (Lipinski definition) is 1. The van der Waals surface area contributed by atoms with Gasteiger partial charge in [0, 0.05) is 12.2 Å². The van der Waals surface area contributed by atoms with Crippen molar-refractivity contribution < 1.29 is 13.9 Å². The van der Waals surface area contributed by atoms with Crippen molar-refractivity contribution >= 4 is 0 Å². The number of halogens is 2. The number of aliphatic hydroxyl groups is 1. The SMILES string of the molecule is CC(C)n1nccc1C(O)C(F)F. The van der Waals surface area contributed by atoms with Gasteiger partial charge in [-0.15, -0.1) is 0 Å². The Labute approximate surface area is 75.0 Å². The molecule has 1 aromatic rings. The summed E-state index contributed by atoms with van der Waals surface area (Å²) in [6, 6.07) is 1.37. The molecule has 3 nitrogen and oxygen atoms in total. The zero-order valence-electron chi connectivity index (χ0n) is 7.48. The molecule has 13 heavy (non-hydrogen) atoms. The minimum absolute atomic E-state index is 0.0293. The molecular formula is C8H12F2N2O. The van der Waals surface area contributed by atoms with Gasteiger partial charge in [0.05, 0.1) is 5.69 Å². The highest BCUT2D eigenvalue weighted by Crippen LogP contribution is 2.21. The Hall–Kier alpha value is -0.970. The smallest absolute Gasteiger partial charge is 0.269 e. The molecule has 0 spiro atoms. The van der Waals surface area contributed by atoms with Crippen LogP contribution in [0.1, 0.15) is 31.7 Å². The van der Waals surface area contributed by atoms with Gasteiger partial charge in [-0.3, -0.25) is 4.68 Å². The van der Waals surface area contributed by atoms with Crippen LogP contribution in [0, 0.1) is 0 Å². The molecule has 0 aromatic carbocycles. The van der Waals surface area contributed by atoms with E-state index in [1.54, 1.807) is 0 Å². The van der Waals surface area contributed by atoms with Crippen LogP contribution in [0.2, 0.25) is 0 Å². The van der Waals surface area contributed by atoms with Gasteiger partial charge in [-0.05, 0) is 19.9 Å². The van der Waals surface area contributed by atoms with E-state index in [1.165, 1.54) is 16.9 Å². The maximum Gasteiger partial charge on any atom is 0.269 e. The molecule has 1 unspecified atom stereocenters. The number of nitrogens with zero attached hydrogens (tertiary/aromatic N) is 2. The average Bonchev–Trinajstić information content (AvgIpc) is 2.50. The largest absolute Gasteiger partial charge is 0.381 e. The molecule has 0 aliphatic rings. The van der Waals surface area contributed by atoms with Crippen molar-refractivity contribution in [3.05, 3.63) is 18.0 Å². The second kappa shape index (κ2) is 3.83. The van der Waals surface area contributed by atoms with Crippen LogP contribution < -0.4 is 0 Å². The Balaban J connectivity index is 2.93. The first-order chi connectivity index (χ1) is 6.04. The number of aliphatic hydroxyl groups excluding tert-OH is 1. The minimum atomic E-state index is -2.77. The van der Waals surface area contributed by atoms with E-state index in [-0.39, 0.29) is 11.7 Å². The second-order valence-corrected chi connectivity index (χ2v) is 3.07. The quantitative estimate of drug-likeness (QED) is 0.788. The molecule has 0 aliphatic carbocycles. The number of alkyl halides is 2. The Morgan fingerprint density at radius 2 is 2.08 bits per heavy atom. The molecular weight excluding hydrogens is 178 g/mol. The zero-order valence-corrected chi connectivity index (χ0v) is 7.48. The van der Waals surface area contributed by atoms with Gasteiger partial charge < -0.3 is 5.11 Å². The summed E-state index contributed by atoms with van der Waals surface area (Å²) in [6.45, 7) is 3.63. The molecule has 74 valence electrons. The Kier molecular flexibility index (Phi) is 2.98. The van der Waals surface area contributed by atoms with Crippen LogP contribution in [0.5, 0.6) is 0 Å². The molecule has 0 bridgehead atoms. The third kappa shape index (κ3) is 2.03. The van der Waals surface area contributed by atoms with Crippen LogP contribution in [0.4, 0.5) is 8.78 Å². The van der Waals surface area contributed by atoms with Crippen LogP contribution in [-0.4, -0.2) is 21.3 Å². The first kappa shape index (κ1) is 10.1. The number of aromatic nitrogens is 2. The third-order valence-electron chi connectivity index (χ3n) is 1.73. The summed E-state index contributed by atoms with van der Waals surface area (Å²) in [6.07, 6.45) is -3.11. The Morgan fingerprint density at radius 1 is 1.46 bits per heavy atom. The van der Waals surface area contributed by atoms with Crippen LogP contribution in [0.25, 0.3) is 0 Å². The molecule has 0 amide bonds. The first-order valence-electron chi connectivity index (χ1n) is 4.03. The lowest BCUT2D eigenvalue weighted by Crippen LogP contribution is -2.16. The van der Waals surface area contributed by atoms with Crippen LogP contribution >= 0.6 is 0 Å². The van der Waals surface area contributed by atoms with Gasteiger partial charge in [-0.1, -0.05) is 0 Å². The first-order valence-corrected chi connectivity index (χ1v) is 4.03. The van der Waals surface area contributed by atoms with Crippen LogP contribution in [0.3, 0.4) is 0 Å². The highest BCUT2D eigenvalue weighted by atomic mass is 19.3. The van der Waals surface area contributed by atoms with Crippen molar-refractivity contribution in [3.63, 3.8) is 0 Å². The van der Waals surface area contributed by atoms with Gasteiger partial charge in [0.1, 0.15) is 0 Å². The maximum atomic E-state index is 12.1. The molecule has 1 aromatic heterocycles. The van der Waals surface area contributed by atoms with Crippen molar-refractivity contribution in [2.24, 2.45) is 0 Å². The maximum absolute atomic E-state index is 12.1. The van der Waals surface area contributed by atoms with E-state index in [0.29, 0.717) is 0 Å². The topological polar surface area (TPSA) is 38.0 Å². The molecule has 5 heteroatoms. The molecule has 1 rings (SSSR count). The van der Waals surface area contributed by atoms with E-state index in [1.807, 2.05) is 13.8 Å². The van der Waals surface area contributed by atoms with Gasteiger partial charge in [0.2, 0.25) is 0 Å². The third-order valence-corrected chi connectivity index (χ3v) is 1.73. The summed E-state index contributed by atoms with van der Waals surface area (Å²) in [5.41, 5.74) is 0.157. The molecule has 0 saturated heterocycles. The van der Waals surface area contributed by atoms with Crippen molar-refractivity contribution in [1.29, 1.82) is 0 Å². The lowest BCUT2D eigenvalue weighted by molar-refractivity contribution is -0.0113. The molecule has 1 atom stereocenters. The number of rotatable bonds is 3. The van der Waals surface area contributed by atoms with Crippen LogP contribution in [-0.2, 0) is 0 Å². The molecule has 0 radical (unpaired) electrons. The summed E-state index contributed by atoms with van der Waals surface area (Å²) in [7, 11) is 0. The number of hydrogen-bond acceptors (Lipinski definition) is 2. The molecule has 0 fully saturated rings. The Bertz CT molecular complexity index is 273. The van der Waals surface area contributed by atoms with Crippen molar-refractivity contribution in [2.75, 3.05) is 0 Å². The minimum Gasteiger partial charge on any atom is -0.381 e. The van der Waals surface area contributed by atoms with Crippen molar-refractivity contribution in [1.82, 2.24) is 9.78 Å². The average molecular weight is 190 g/mol. The second-order valence-electron chi connectivity index (χ2n) is 3.07. The standard InChI is InChI=1S/C8H12F2N2O/c1-5(2)12-6(3-4-11-12)7(13)8(9)10/h3-5,7-8,13H,1-2H3. The van der Waals surface area contributed by atoms with E-state index >= 15 is 0 Å². The summed E-state index contributed by atoms with van der Waals surface area (Å²) < 4.78 is 25.7. The highest BCUT2D eigenvalue weighted by Gasteiger charge is 2.23. The van der Waals surface area contributed by atoms with Gasteiger partial charge >= 0.3 is 0 Å². The highest BCUT2D eigenvalue weighted by molar-refractivity contribution is 5.06. The van der Waals surface area contributed by atoms with E-state index in [9.17, 15) is 8.78 Å². The predicted molar refractivity (Wildman–Crippen MR) is 43.6 cm³/mol. The fraction of sp³-hybridized carbons (Fsp3) is 0.625. The molecule has 1 heterocycles. The van der Waals surface area contributed by atoms with Gasteiger partial charge in [-0.25, -0.2) is 8.78 Å². The fourth-order valence-corrected chi connectivity index (χ4v) is 1.12. The van der Waals surface area contributed by atoms with Crippen LogP contribution in [0.15, 0.2) is 12.3 Å². The van der Waals surface area contributed by atoms with Gasteiger partial charge in [0.15, 0.2) is 6.10 Å². The molecule has 0 saturated carbocycles. The summed E-state index contributed by atoms with van der Waals surface area (Å²) >= 11 is 0. The van der Waals surface area contributed by atoms with Crippen molar-refractivity contribution in [2.45, 2.75) is 32.4 Å². The fourth-order valence-electron chi connectivity index (χ4n) is 1.12. The Morgan fingerprint density at radius 3 is 2.54 bits per heavy atom. The van der Waals surface area contributed by atoms with E-state index in [0.717, 1.165) is 0 Å². The van der Waals surface area contributed by atoms with Gasteiger partial charge in [-0.2, -0.15) is 5.10 Å². The van der Waals surface area contributed by atoms with E-state index in [2.05, 4.69) is 5.10 Å². The van der Waals surface area contributed by atoms with Gasteiger partial charge in [0.25, 0.3) is 6.43 Å². The normalized spacial score (nSPS) is 14.1. The molecule has 0 aliphatic heterocycles. The lowest BCUT2D eigenvalue weighted by Gasteiger charge is -2.14. The zero-order chi connectivity index (χ0) is 10.0. The summed E-state index contributed by atoms with van der Waals surface area (Å²) in [5, 5.41) is 12.9. The lowest BCUT2D eigenvalue weighted by atomic mass is 10.2. The molecule has 1 N–H and O–H groups in total. The van der Waals surface area contributed by atoms with E-state index < -0.39 is 12.5 Å². The summed E-state index contributed by atoms with van der Waals surface area (Å²) in [5.74, 6) is 0. The predicted octanol–water partition coefficient (Wildman–Crippen LogP) is 1.76. The monoisotopic (exact) mass is 190 g/mol. The van der Waals surface area contributed by atoms with E-state index in [4.69, 9.17) is 5.11 Å².